The third-order valence-electron chi connectivity index (χ3n) is 2.72. The van der Waals surface area contributed by atoms with Gasteiger partial charge in [-0.2, -0.15) is 0 Å². The maximum absolute atomic E-state index is 11.5. The summed E-state index contributed by atoms with van der Waals surface area (Å²) in [5.41, 5.74) is 0.579. The number of unbranched alkanes of at least 4 members (excludes halogenated alkanes) is 1. The van der Waals surface area contributed by atoms with Crippen LogP contribution in [0.5, 0.6) is 0 Å². The molecule has 0 heterocycles. The molecule has 1 aromatic carbocycles. The lowest BCUT2D eigenvalue weighted by Gasteiger charge is -2.20. The van der Waals surface area contributed by atoms with Crippen molar-refractivity contribution in [1.82, 2.24) is 0 Å². The zero-order chi connectivity index (χ0) is 13.5. The number of rotatable bonds is 6. The van der Waals surface area contributed by atoms with Gasteiger partial charge in [0.25, 0.3) is 0 Å². The molecule has 0 aliphatic rings. The van der Waals surface area contributed by atoms with E-state index in [0.717, 1.165) is 12.8 Å². The van der Waals surface area contributed by atoms with E-state index in [9.17, 15) is 9.90 Å². The largest absolute Gasteiger partial charge is 0.460 e. The molecule has 2 atom stereocenters. The molecule has 0 radical (unpaired) electrons. The highest BCUT2D eigenvalue weighted by Crippen LogP contribution is 2.26. The van der Waals surface area contributed by atoms with Gasteiger partial charge in [-0.3, -0.25) is 4.79 Å². The molecule has 0 aliphatic heterocycles. The Kier molecular flexibility index (Phi) is 6.16. The molecule has 0 aliphatic carbocycles. The average Bonchev–Trinajstić information content (AvgIpc) is 2.36. The Hall–Kier alpha value is -1.06. The molecular formula is C14H19ClO3. The molecule has 4 heteroatoms. The predicted octanol–water partition coefficient (Wildman–Crippen LogP) is 3.50. The average molecular weight is 271 g/mol. The molecule has 0 unspecified atom stereocenters. The van der Waals surface area contributed by atoms with Gasteiger partial charge >= 0.3 is 5.97 Å². The first-order valence-corrected chi connectivity index (χ1v) is 6.56. The van der Waals surface area contributed by atoms with Crippen LogP contribution in [0.2, 0.25) is 5.02 Å². The van der Waals surface area contributed by atoms with Crippen molar-refractivity contribution in [3.05, 3.63) is 34.9 Å². The van der Waals surface area contributed by atoms with Crippen molar-refractivity contribution in [2.24, 2.45) is 0 Å². The van der Waals surface area contributed by atoms with Gasteiger partial charge in [0.05, 0.1) is 0 Å². The van der Waals surface area contributed by atoms with Gasteiger partial charge in [-0.05, 0) is 19.4 Å². The molecule has 18 heavy (non-hydrogen) atoms. The molecule has 0 aromatic heterocycles. The number of halogens is 1. The molecule has 0 fully saturated rings. The summed E-state index contributed by atoms with van der Waals surface area (Å²) in [6.07, 6.45) is 0.624. The van der Waals surface area contributed by atoms with E-state index in [1.165, 1.54) is 0 Å². The van der Waals surface area contributed by atoms with Crippen LogP contribution in [0.4, 0.5) is 0 Å². The molecule has 0 saturated carbocycles. The monoisotopic (exact) mass is 270 g/mol. The summed E-state index contributed by atoms with van der Waals surface area (Å²) in [7, 11) is 0. The minimum Gasteiger partial charge on any atom is -0.460 e. The number of aliphatic hydroxyl groups excluding tert-OH is 1. The van der Waals surface area contributed by atoms with E-state index >= 15 is 0 Å². The van der Waals surface area contributed by atoms with Crippen LogP contribution in [0, 0.1) is 0 Å². The second-order valence-corrected chi connectivity index (χ2v) is 4.67. The van der Waals surface area contributed by atoms with E-state index in [4.69, 9.17) is 16.3 Å². The van der Waals surface area contributed by atoms with Gasteiger partial charge in [0, 0.05) is 17.0 Å². The second-order valence-electron chi connectivity index (χ2n) is 4.26. The first-order chi connectivity index (χ1) is 8.56. The lowest BCUT2D eigenvalue weighted by atomic mass is 10.1. The highest BCUT2D eigenvalue weighted by atomic mass is 35.5. The van der Waals surface area contributed by atoms with Crippen molar-refractivity contribution in [2.45, 2.75) is 45.3 Å². The van der Waals surface area contributed by atoms with Crippen LogP contribution in [0.15, 0.2) is 24.3 Å². The van der Waals surface area contributed by atoms with Crippen LogP contribution in [0.1, 0.15) is 44.8 Å². The van der Waals surface area contributed by atoms with E-state index in [1.54, 1.807) is 31.2 Å². The Bertz CT molecular complexity index is 392. The predicted molar refractivity (Wildman–Crippen MR) is 71.5 cm³/mol. The zero-order valence-electron chi connectivity index (χ0n) is 10.7. The van der Waals surface area contributed by atoms with Gasteiger partial charge in [0.2, 0.25) is 0 Å². The van der Waals surface area contributed by atoms with Gasteiger partial charge in [0.1, 0.15) is 12.2 Å². The van der Waals surface area contributed by atoms with Crippen molar-refractivity contribution in [1.29, 1.82) is 0 Å². The highest BCUT2D eigenvalue weighted by molar-refractivity contribution is 6.31. The molecule has 0 saturated heterocycles. The van der Waals surface area contributed by atoms with E-state index in [0.29, 0.717) is 17.0 Å². The molecular weight excluding hydrogens is 252 g/mol. The van der Waals surface area contributed by atoms with Crippen molar-refractivity contribution in [2.75, 3.05) is 0 Å². The third kappa shape index (κ3) is 4.31. The standard InChI is InChI=1S/C14H19ClO3/c1-3-4-9-13(16)18-10(2)14(17)11-7-5-6-8-12(11)15/h5-8,10,14,17H,3-4,9H2,1-2H3/t10-,14+/m0/s1. The highest BCUT2D eigenvalue weighted by Gasteiger charge is 2.21. The summed E-state index contributed by atoms with van der Waals surface area (Å²) >= 11 is 5.98. The summed E-state index contributed by atoms with van der Waals surface area (Å²) in [5.74, 6) is -0.282. The third-order valence-corrected chi connectivity index (χ3v) is 3.06. The fourth-order valence-electron chi connectivity index (χ4n) is 1.62. The van der Waals surface area contributed by atoms with Gasteiger partial charge in [-0.1, -0.05) is 43.1 Å². The van der Waals surface area contributed by atoms with Gasteiger partial charge in [0.15, 0.2) is 0 Å². The fraction of sp³-hybridized carbons (Fsp3) is 0.500. The number of aliphatic hydroxyl groups is 1. The summed E-state index contributed by atoms with van der Waals surface area (Å²) in [4.78, 5) is 11.5. The second kappa shape index (κ2) is 7.39. The van der Waals surface area contributed by atoms with E-state index in [-0.39, 0.29) is 5.97 Å². The number of carbonyl (C=O) groups excluding carboxylic acids is 1. The van der Waals surface area contributed by atoms with Crippen molar-refractivity contribution >= 4 is 17.6 Å². The normalized spacial score (nSPS) is 14.0. The van der Waals surface area contributed by atoms with Gasteiger partial charge < -0.3 is 9.84 Å². The van der Waals surface area contributed by atoms with Crippen molar-refractivity contribution in [3.8, 4) is 0 Å². The number of hydrogen-bond acceptors (Lipinski definition) is 3. The molecule has 1 N–H and O–H groups in total. The van der Waals surface area contributed by atoms with E-state index < -0.39 is 12.2 Å². The summed E-state index contributed by atoms with van der Waals surface area (Å²) in [5, 5.41) is 10.6. The molecule has 100 valence electrons. The van der Waals surface area contributed by atoms with Crippen LogP contribution in [-0.2, 0) is 9.53 Å². The number of hydrogen-bond donors (Lipinski definition) is 1. The Balaban J connectivity index is 2.59. The Morgan fingerprint density at radius 1 is 1.44 bits per heavy atom. The maximum atomic E-state index is 11.5. The Labute approximate surface area is 113 Å². The minimum absolute atomic E-state index is 0.282. The first-order valence-electron chi connectivity index (χ1n) is 6.18. The topological polar surface area (TPSA) is 46.5 Å². The van der Waals surface area contributed by atoms with Crippen LogP contribution >= 0.6 is 11.6 Å². The van der Waals surface area contributed by atoms with E-state index in [2.05, 4.69) is 0 Å². The Morgan fingerprint density at radius 2 is 2.11 bits per heavy atom. The summed E-state index contributed by atoms with van der Waals surface area (Å²) < 4.78 is 5.18. The zero-order valence-corrected chi connectivity index (χ0v) is 11.5. The van der Waals surface area contributed by atoms with Gasteiger partial charge in [-0.15, -0.1) is 0 Å². The number of esters is 1. The first kappa shape index (κ1) is 15.0. The van der Waals surface area contributed by atoms with Crippen LogP contribution in [0.3, 0.4) is 0 Å². The number of carbonyl (C=O) groups is 1. The maximum Gasteiger partial charge on any atom is 0.306 e. The molecule has 3 nitrogen and oxygen atoms in total. The summed E-state index contributed by atoms with van der Waals surface area (Å²) in [6, 6.07) is 7.00. The molecule has 0 spiro atoms. The fourth-order valence-corrected chi connectivity index (χ4v) is 1.87. The SMILES string of the molecule is CCCCC(=O)O[C@@H](C)[C@@H](O)c1ccccc1Cl. The molecule has 1 aromatic rings. The summed E-state index contributed by atoms with van der Waals surface area (Å²) in [6.45, 7) is 3.67. The molecule has 0 amide bonds. The van der Waals surface area contributed by atoms with Crippen LogP contribution < -0.4 is 0 Å². The van der Waals surface area contributed by atoms with Crippen LogP contribution in [0.25, 0.3) is 0 Å². The van der Waals surface area contributed by atoms with Crippen molar-refractivity contribution in [3.63, 3.8) is 0 Å². The smallest absolute Gasteiger partial charge is 0.306 e. The number of ether oxygens (including phenoxy) is 1. The molecule has 1 rings (SSSR count). The van der Waals surface area contributed by atoms with Crippen LogP contribution in [-0.4, -0.2) is 17.2 Å². The quantitative estimate of drug-likeness (QED) is 0.805. The lowest BCUT2D eigenvalue weighted by molar-refractivity contribution is -0.154. The molecule has 0 bridgehead atoms. The van der Waals surface area contributed by atoms with E-state index in [1.807, 2.05) is 6.92 Å². The minimum atomic E-state index is -0.899. The van der Waals surface area contributed by atoms with Gasteiger partial charge in [-0.25, -0.2) is 0 Å². The van der Waals surface area contributed by atoms with Crippen molar-refractivity contribution < 1.29 is 14.6 Å². The lowest BCUT2D eigenvalue weighted by Crippen LogP contribution is -2.22. The Morgan fingerprint density at radius 3 is 2.72 bits per heavy atom. The number of benzene rings is 1.